The third-order valence-electron chi connectivity index (χ3n) is 3.44. The molecule has 22 heavy (non-hydrogen) atoms. The first-order valence-electron chi connectivity index (χ1n) is 7.07. The minimum absolute atomic E-state index is 0.208. The number of carbonyl (C=O) groups excluding carboxylic acids is 1. The predicted molar refractivity (Wildman–Crippen MR) is 86.0 cm³/mol. The van der Waals surface area contributed by atoms with E-state index in [0.29, 0.717) is 32.8 Å². The molecule has 1 heterocycles. The van der Waals surface area contributed by atoms with Gasteiger partial charge in [-0.3, -0.25) is 9.69 Å². The Morgan fingerprint density at radius 2 is 1.77 bits per heavy atom. The topological polar surface area (TPSA) is 66.9 Å². The van der Waals surface area contributed by atoms with Crippen molar-refractivity contribution in [3.8, 4) is 0 Å². The van der Waals surface area contributed by atoms with Crippen LogP contribution in [-0.2, 0) is 19.6 Å². The van der Waals surface area contributed by atoms with Crippen molar-refractivity contribution in [2.24, 2.45) is 0 Å². The second-order valence-corrected chi connectivity index (χ2v) is 7.79. The molecule has 1 fully saturated rings. The number of rotatable bonds is 5. The number of benzene rings is 1. The van der Waals surface area contributed by atoms with E-state index in [-0.39, 0.29) is 17.4 Å². The molecule has 1 aliphatic heterocycles. The lowest BCUT2D eigenvalue weighted by Crippen LogP contribution is -2.49. The highest BCUT2D eigenvalue weighted by molar-refractivity contribution is 9.10. The van der Waals surface area contributed by atoms with Crippen LogP contribution in [0.3, 0.4) is 0 Å². The van der Waals surface area contributed by atoms with Gasteiger partial charge in [0.05, 0.1) is 18.0 Å². The van der Waals surface area contributed by atoms with Crippen LogP contribution in [0.4, 0.5) is 0 Å². The lowest BCUT2D eigenvalue weighted by molar-refractivity contribution is -0.144. The summed E-state index contributed by atoms with van der Waals surface area (Å²) in [5.41, 5.74) is 0. The Morgan fingerprint density at radius 1 is 1.18 bits per heavy atom. The molecule has 0 aromatic heterocycles. The van der Waals surface area contributed by atoms with E-state index in [1.165, 1.54) is 4.31 Å². The number of ether oxygens (including phenoxy) is 1. The van der Waals surface area contributed by atoms with Crippen molar-refractivity contribution in [3.05, 3.63) is 28.7 Å². The fourth-order valence-electron chi connectivity index (χ4n) is 2.27. The van der Waals surface area contributed by atoms with Crippen molar-refractivity contribution in [1.82, 2.24) is 9.21 Å². The number of carbonyl (C=O) groups is 1. The van der Waals surface area contributed by atoms with Gasteiger partial charge in [0, 0.05) is 30.7 Å². The minimum atomic E-state index is -3.47. The fraction of sp³-hybridized carbons (Fsp3) is 0.500. The molecule has 0 bridgehead atoms. The molecular formula is C14H19BrN2O4S. The highest BCUT2D eigenvalue weighted by atomic mass is 79.9. The van der Waals surface area contributed by atoms with Crippen LogP contribution >= 0.6 is 15.9 Å². The second kappa shape index (κ2) is 7.54. The second-order valence-electron chi connectivity index (χ2n) is 4.94. The predicted octanol–water partition coefficient (Wildman–Crippen LogP) is 1.32. The molecule has 6 nitrogen and oxygen atoms in total. The summed E-state index contributed by atoms with van der Waals surface area (Å²) >= 11 is 3.29. The first kappa shape index (κ1) is 17.4. The van der Waals surface area contributed by atoms with Gasteiger partial charge in [-0.2, -0.15) is 4.31 Å². The number of nitrogens with zero attached hydrogens (tertiary/aromatic N) is 2. The maximum absolute atomic E-state index is 12.5. The minimum Gasteiger partial charge on any atom is -0.465 e. The molecule has 0 N–H and O–H groups in total. The molecule has 2 rings (SSSR count). The van der Waals surface area contributed by atoms with Gasteiger partial charge in [0.25, 0.3) is 0 Å². The van der Waals surface area contributed by atoms with Crippen molar-refractivity contribution < 1.29 is 17.9 Å². The van der Waals surface area contributed by atoms with Crippen molar-refractivity contribution in [1.29, 1.82) is 0 Å². The molecule has 0 aliphatic carbocycles. The Morgan fingerprint density at radius 3 is 2.32 bits per heavy atom. The Hall–Kier alpha value is -0.960. The molecular weight excluding hydrogens is 372 g/mol. The van der Waals surface area contributed by atoms with Crippen LogP contribution in [0, 0.1) is 0 Å². The smallest absolute Gasteiger partial charge is 0.320 e. The van der Waals surface area contributed by atoms with E-state index in [4.69, 9.17) is 4.74 Å². The number of hydrogen-bond acceptors (Lipinski definition) is 5. The average molecular weight is 391 g/mol. The number of sulfonamides is 1. The van der Waals surface area contributed by atoms with E-state index >= 15 is 0 Å². The van der Waals surface area contributed by atoms with Gasteiger partial charge in [-0.1, -0.05) is 15.9 Å². The van der Waals surface area contributed by atoms with Gasteiger partial charge < -0.3 is 4.74 Å². The van der Waals surface area contributed by atoms with Crippen LogP contribution in [0.25, 0.3) is 0 Å². The summed E-state index contributed by atoms with van der Waals surface area (Å²) in [6.07, 6.45) is 0. The van der Waals surface area contributed by atoms with Gasteiger partial charge in [-0.15, -0.1) is 0 Å². The molecule has 1 aliphatic rings. The highest BCUT2D eigenvalue weighted by Gasteiger charge is 2.29. The Bertz CT molecular complexity index is 610. The van der Waals surface area contributed by atoms with E-state index in [2.05, 4.69) is 15.9 Å². The quantitative estimate of drug-likeness (QED) is 0.709. The number of hydrogen-bond donors (Lipinski definition) is 0. The first-order chi connectivity index (χ1) is 10.4. The van der Waals surface area contributed by atoms with Gasteiger partial charge in [0.2, 0.25) is 10.0 Å². The zero-order chi connectivity index (χ0) is 16.2. The van der Waals surface area contributed by atoms with Crippen LogP contribution in [0.2, 0.25) is 0 Å². The number of halogens is 1. The van der Waals surface area contributed by atoms with E-state index in [1.807, 2.05) is 4.90 Å². The molecule has 1 aromatic rings. The van der Waals surface area contributed by atoms with Crippen LogP contribution in [0.15, 0.2) is 33.6 Å². The number of esters is 1. The molecule has 1 aromatic carbocycles. The molecule has 0 spiro atoms. The average Bonchev–Trinajstić information content (AvgIpc) is 2.48. The number of piperazine rings is 1. The molecule has 0 unspecified atom stereocenters. The van der Waals surface area contributed by atoms with E-state index in [9.17, 15) is 13.2 Å². The maximum Gasteiger partial charge on any atom is 0.320 e. The van der Waals surface area contributed by atoms with Gasteiger partial charge in [0.15, 0.2) is 0 Å². The first-order valence-corrected chi connectivity index (χ1v) is 9.30. The standard InChI is InChI=1S/C14H19BrN2O4S/c1-2-21-14(18)11-16-7-9-17(10-8-16)22(19,20)13-5-3-12(15)4-6-13/h3-6H,2,7-11H2,1H3. The molecule has 8 heteroatoms. The molecule has 0 radical (unpaired) electrons. The molecule has 1 saturated heterocycles. The zero-order valence-corrected chi connectivity index (χ0v) is 14.8. The van der Waals surface area contributed by atoms with Crippen molar-refractivity contribution in [2.45, 2.75) is 11.8 Å². The molecule has 0 amide bonds. The summed E-state index contributed by atoms with van der Waals surface area (Å²) in [5, 5.41) is 0. The highest BCUT2D eigenvalue weighted by Crippen LogP contribution is 2.20. The van der Waals surface area contributed by atoms with Crippen molar-refractivity contribution in [2.75, 3.05) is 39.3 Å². The normalized spacial score (nSPS) is 17.4. The summed E-state index contributed by atoms with van der Waals surface area (Å²) in [7, 11) is -3.47. The fourth-order valence-corrected chi connectivity index (χ4v) is 3.96. The zero-order valence-electron chi connectivity index (χ0n) is 12.4. The van der Waals surface area contributed by atoms with Crippen LogP contribution in [0.1, 0.15) is 6.92 Å². The van der Waals surface area contributed by atoms with Gasteiger partial charge in [-0.05, 0) is 31.2 Å². The third-order valence-corrected chi connectivity index (χ3v) is 5.88. The summed E-state index contributed by atoms with van der Waals surface area (Å²) in [5.74, 6) is -0.272. The maximum atomic E-state index is 12.5. The Kier molecular flexibility index (Phi) is 5.96. The Balaban J connectivity index is 1.96. The lowest BCUT2D eigenvalue weighted by Gasteiger charge is -2.33. The van der Waals surface area contributed by atoms with Gasteiger partial charge in [-0.25, -0.2) is 8.42 Å². The van der Waals surface area contributed by atoms with Gasteiger partial charge in [0.1, 0.15) is 0 Å². The third kappa shape index (κ3) is 4.28. The van der Waals surface area contributed by atoms with Crippen LogP contribution < -0.4 is 0 Å². The van der Waals surface area contributed by atoms with E-state index in [0.717, 1.165) is 4.47 Å². The summed E-state index contributed by atoms with van der Waals surface area (Å²) in [6, 6.07) is 6.60. The van der Waals surface area contributed by atoms with Crippen molar-refractivity contribution in [3.63, 3.8) is 0 Å². The monoisotopic (exact) mass is 390 g/mol. The lowest BCUT2D eigenvalue weighted by atomic mass is 10.3. The SMILES string of the molecule is CCOC(=O)CN1CCN(S(=O)(=O)c2ccc(Br)cc2)CC1. The Labute approximate surface area is 139 Å². The largest absolute Gasteiger partial charge is 0.465 e. The van der Waals surface area contributed by atoms with Crippen LogP contribution in [0.5, 0.6) is 0 Å². The summed E-state index contributed by atoms with van der Waals surface area (Å²) in [4.78, 5) is 13.6. The van der Waals surface area contributed by atoms with Crippen molar-refractivity contribution >= 4 is 31.9 Å². The summed E-state index contributed by atoms with van der Waals surface area (Å²) < 4.78 is 32.3. The molecule has 0 atom stereocenters. The van der Waals surface area contributed by atoms with Crippen LogP contribution in [-0.4, -0.2) is 62.9 Å². The van der Waals surface area contributed by atoms with Gasteiger partial charge >= 0.3 is 5.97 Å². The molecule has 0 saturated carbocycles. The molecule has 122 valence electrons. The summed E-state index contributed by atoms with van der Waals surface area (Å²) in [6.45, 7) is 4.12. The van der Waals surface area contributed by atoms with E-state index < -0.39 is 10.0 Å². The van der Waals surface area contributed by atoms with E-state index in [1.54, 1.807) is 31.2 Å².